The van der Waals surface area contributed by atoms with Crippen LogP contribution in [0.3, 0.4) is 0 Å². The molecule has 0 aliphatic carbocycles. The summed E-state index contributed by atoms with van der Waals surface area (Å²) in [4.78, 5) is 0. The summed E-state index contributed by atoms with van der Waals surface area (Å²) in [6, 6.07) is 12.6. The van der Waals surface area contributed by atoms with Gasteiger partial charge >= 0.3 is 0 Å². The van der Waals surface area contributed by atoms with Crippen molar-refractivity contribution >= 4 is 15.9 Å². The molecule has 0 saturated heterocycles. The Morgan fingerprint density at radius 1 is 1.09 bits per heavy atom. The molecule has 0 amide bonds. The first-order valence-electron chi connectivity index (χ1n) is 7.91. The van der Waals surface area contributed by atoms with Crippen molar-refractivity contribution < 1.29 is 14.2 Å². The molecule has 0 aromatic heterocycles. The highest BCUT2D eigenvalue weighted by Crippen LogP contribution is 2.33. The van der Waals surface area contributed by atoms with Gasteiger partial charge in [-0.1, -0.05) is 41.1 Å². The van der Waals surface area contributed by atoms with E-state index >= 15 is 0 Å². The minimum Gasteiger partial charge on any atom is -0.486 e. The van der Waals surface area contributed by atoms with Gasteiger partial charge in [-0.25, -0.2) is 0 Å². The molecule has 0 saturated carbocycles. The Balaban J connectivity index is 1.86. The van der Waals surface area contributed by atoms with Gasteiger partial charge in [-0.05, 0) is 47.7 Å². The van der Waals surface area contributed by atoms with Crippen molar-refractivity contribution in [2.24, 2.45) is 0 Å². The van der Waals surface area contributed by atoms with Crippen LogP contribution in [0.15, 0.2) is 40.9 Å². The molecule has 2 aromatic rings. The van der Waals surface area contributed by atoms with E-state index in [1.165, 1.54) is 16.7 Å². The number of methoxy groups -OCH3 is 1. The first kappa shape index (κ1) is 16.3. The Kier molecular flexibility index (Phi) is 5.23. The Morgan fingerprint density at radius 2 is 1.87 bits per heavy atom. The van der Waals surface area contributed by atoms with Gasteiger partial charge in [0.15, 0.2) is 11.5 Å². The van der Waals surface area contributed by atoms with Crippen LogP contribution in [0.5, 0.6) is 11.5 Å². The van der Waals surface area contributed by atoms with Gasteiger partial charge in [0.05, 0.1) is 6.10 Å². The van der Waals surface area contributed by atoms with E-state index in [-0.39, 0.29) is 6.10 Å². The Labute approximate surface area is 145 Å². The van der Waals surface area contributed by atoms with Crippen LogP contribution in [0.1, 0.15) is 36.1 Å². The predicted octanol–water partition coefficient (Wildman–Crippen LogP) is 4.91. The van der Waals surface area contributed by atoms with Crippen LogP contribution in [0.2, 0.25) is 0 Å². The van der Waals surface area contributed by atoms with Gasteiger partial charge in [0.1, 0.15) is 13.2 Å². The number of ether oxygens (including phenoxy) is 3. The van der Waals surface area contributed by atoms with Crippen molar-refractivity contribution in [3.63, 3.8) is 0 Å². The highest BCUT2D eigenvalue weighted by molar-refractivity contribution is 9.10. The molecule has 1 heterocycles. The predicted molar refractivity (Wildman–Crippen MR) is 94.4 cm³/mol. The van der Waals surface area contributed by atoms with Crippen molar-refractivity contribution in [2.75, 3.05) is 20.3 Å². The molecule has 3 nitrogen and oxygen atoms in total. The topological polar surface area (TPSA) is 27.7 Å². The van der Waals surface area contributed by atoms with Crippen LogP contribution in [-0.4, -0.2) is 20.3 Å². The molecule has 0 radical (unpaired) electrons. The van der Waals surface area contributed by atoms with E-state index in [0.717, 1.165) is 28.8 Å². The lowest BCUT2D eigenvalue weighted by Crippen LogP contribution is -2.15. The number of rotatable bonds is 5. The second-order valence-electron chi connectivity index (χ2n) is 5.64. The third kappa shape index (κ3) is 3.70. The van der Waals surface area contributed by atoms with E-state index in [9.17, 15) is 0 Å². The van der Waals surface area contributed by atoms with Crippen molar-refractivity contribution in [3.8, 4) is 11.5 Å². The zero-order valence-electron chi connectivity index (χ0n) is 13.5. The molecule has 0 bridgehead atoms. The summed E-state index contributed by atoms with van der Waals surface area (Å²) in [6.07, 6.45) is 1.94. The van der Waals surface area contributed by atoms with Gasteiger partial charge in [-0.2, -0.15) is 0 Å². The van der Waals surface area contributed by atoms with Gasteiger partial charge in [-0.3, -0.25) is 0 Å². The molecule has 0 spiro atoms. The van der Waals surface area contributed by atoms with E-state index in [1.807, 2.05) is 6.07 Å². The second-order valence-corrected chi connectivity index (χ2v) is 6.49. The summed E-state index contributed by atoms with van der Waals surface area (Å²) >= 11 is 3.66. The number of halogens is 1. The lowest BCUT2D eigenvalue weighted by Gasteiger charge is -2.19. The van der Waals surface area contributed by atoms with Crippen LogP contribution in [0.25, 0.3) is 0 Å². The van der Waals surface area contributed by atoms with Crippen molar-refractivity contribution in [1.29, 1.82) is 0 Å². The summed E-state index contributed by atoms with van der Waals surface area (Å²) in [7, 11) is 1.76. The molecule has 4 heteroatoms. The van der Waals surface area contributed by atoms with Crippen LogP contribution >= 0.6 is 15.9 Å². The molecule has 122 valence electrons. The van der Waals surface area contributed by atoms with E-state index in [0.29, 0.717) is 13.2 Å². The van der Waals surface area contributed by atoms with Crippen molar-refractivity contribution in [2.45, 2.75) is 25.9 Å². The number of benzene rings is 2. The van der Waals surface area contributed by atoms with E-state index < -0.39 is 0 Å². The Hall–Kier alpha value is -1.52. The molecule has 1 aliphatic rings. The average molecular weight is 377 g/mol. The van der Waals surface area contributed by atoms with Crippen molar-refractivity contribution in [3.05, 3.63) is 57.6 Å². The maximum Gasteiger partial charge on any atom is 0.161 e. The van der Waals surface area contributed by atoms with Gasteiger partial charge in [0, 0.05) is 11.6 Å². The molecule has 23 heavy (non-hydrogen) atoms. The van der Waals surface area contributed by atoms with E-state index in [1.54, 1.807) is 7.11 Å². The first-order valence-corrected chi connectivity index (χ1v) is 8.70. The third-order valence-corrected chi connectivity index (χ3v) is 4.87. The van der Waals surface area contributed by atoms with E-state index in [2.05, 4.69) is 53.2 Å². The fraction of sp³-hybridized carbons (Fsp3) is 0.368. The lowest BCUT2D eigenvalue weighted by atomic mass is 9.99. The molecular weight excluding hydrogens is 356 g/mol. The maximum absolute atomic E-state index is 5.67. The summed E-state index contributed by atoms with van der Waals surface area (Å²) in [5, 5.41) is 0. The van der Waals surface area contributed by atoms with Crippen LogP contribution < -0.4 is 9.47 Å². The standard InChI is InChI=1S/C19H21BrO3/c1-3-17(21-2)14-5-6-16(20)15(12-14)10-13-4-7-18-19(11-13)23-9-8-22-18/h4-7,11-12,17H,3,8-10H2,1-2H3/t17-/m1/s1. The molecule has 0 unspecified atom stereocenters. The highest BCUT2D eigenvalue weighted by Gasteiger charge is 2.14. The van der Waals surface area contributed by atoms with Crippen LogP contribution in [0, 0.1) is 0 Å². The zero-order chi connectivity index (χ0) is 16.2. The monoisotopic (exact) mass is 376 g/mol. The van der Waals surface area contributed by atoms with Gasteiger partial charge in [0.2, 0.25) is 0 Å². The van der Waals surface area contributed by atoms with Gasteiger partial charge in [-0.15, -0.1) is 0 Å². The molecule has 2 aromatic carbocycles. The van der Waals surface area contributed by atoms with E-state index in [4.69, 9.17) is 14.2 Å². The van der Waals surface area contributed by atoms with Gasteiger partial charge < -0.3 is 14.2 Å². The lowest BCUT2D eigenvalue weighted by molar-refractivity contribution is 0.1000. The second kappa shape index (κ2) is 7.37. The fourth-order valence-electron chi connectivity index (χ4n) is 2.89. The first-order chi connectivity index (χ1) is 11.2. The maximum atomic E-state index is 5.67. The van der Waals surface area contributed by atoms with Crippen LogP contribution in [0.4, 0.5) is 0 Å². The Morgan fingerprint density at radius 3 is 2.61 bits per heavy atom. The summed E-state index contributed by atoms with van der Waals surface area (Å²) in [5.74, 6) is 1.67. The SMILES string of the molecule is CC[C@@H](OC)c1ccc(Br)c(Cc2ccc3c(c2)OCCO3)c1. The van der Waals surface area contributed by atoms with Crippen molar-refractivity contribution in [1.82, 2.24) is 0 Å². The van der Waals surface area contributed by atoms with Crippen LogP contribution in [-0.2, 0) is 11.2 Å². The minimum absolute atomic E-state index is 0.141. The smallest absolute Gasteiger partial charge is 0.161 e. The number of fused-ring (bicyclic) bond motifs is 1. The fourth-order valence-corrected chi connectivity index (χ4v) is 3.27. The summed E-state index contributed by atoms with van der Waals surface area (Å²) in [6.45, 7) is 3.37. The van der Waals surface area contributed by atoms with Gasteiger partial charge in [0.25, 0.3) is 0 Å². The molecule has 3 rings (SSSR count). The minimum atomic E-state index is 0.141. The average Bonchev–Trinajstić information content (AvgIpc) is 2.58. The summed E-state index contributed by atoms with van der Waals surface area (Å²) in [5.41, 5.74) is 3.66. The quantitative estimate of drug-likeness (QED) is 0.741. The molecule has 0 fully saturated rings. The molecular formula is C19H21BrO3. The number of hydrogen-bond donors (Lipinski definition) is 0. The number of hydrogen-bond acceptors (Lipinski definition) is 3. The Bertz CT molecular complexity index is 680. The molecule has 1 aliphatic heterocycles. The summed E-state index contributed by atoms with van der Waals surface area (Å²) < 4.78 is 17.9. The largest absolute Gasteiger partial charge is 0.486 e. The molecule has 1 atom stereocenters. The zero-order valence-corrected chi connectivity index (χ0v) is 15.1. The normalized spacial score (nSPS) is 14.6. The third-order valence-electron chi connectivity index (χ3n) is 4.10. The molecule has 0 N–H and O–H groups in total. The highest BCUT2D eigenvalue weighted by atomic mass is 79.9.